The molecule has 1 aliphatic heterocycles. The molecule has 0 radical (unpaired) electrons. The zero-order valence-corrected chi connectivity index (χ0v) is 8.95. The average molecular weight is 187 g/mol. The van der Waals surface area contributed by atoms with Crippen LogP contribution in [0.25, 0.3) is 0 Å². The summed E-state index contributed by atoms with van der Waals surface area (Å²) in [4.78, 5) is 2.33. The van der Waals surface area contributed by atoms with Gasteiger partial charge in [-0.05, 0) is 27.3 Å². The first-order valence-electron chi connectivity index (χ1n) is 5.17. The van der Waals surface area contributed by atoms with Crippen LogP contribution in [0.2, 0.25) is 0 Å². The molecule has 0 bridgehead atoms. The van der Waals surface area contributed by atoms with Crippen molar-refractivity contribution in [2.24, 2.45) is 0 Å². The van der Waals surface area contributed by atoms with Crippen LogP contribution >= 0.6 is 0 Å². The first-order valence-corrected chi connectivity index (χ1v) is 5.17. The second-order valence-corrected chi connectivity index (χ2v) is 3.57. The van der Waals surface area contributed by atoms with Crippen LogP contribution in [0.4, 0.5) is 0 Å². The van der Waals surface area contributed by atoms with Crippen molar-refractivity contribution in [2.75, 3.05) is 33.4 Å². The standard InChI is InChI=1S/C10H21NO2/c1-4-12-8-9-6-10(13-5-2)7-11(9)3/h9-10H,4-8H2,1-3H3/t9-,10+/m0/s1. The summed E-state index contributed by atoms with van der Waals surface area (Å²) in [6.45, 7) is 7.61. The van der Waals surface area contributed by atoms with E-state index >= 15 is 0 Å². The van der Waals surface area contributed by atoms with Crippen molar-refractivity contribution in [1.82, 2.24) is 4.90 Å². The molecule has 3 heteroatoms. The van der Waals surface area contributed by atoms with Crippen LogP contribution in [0, 0.1) is 0 Å². The maximum Gasteiger partial charge on any atom is 0.0717 e. The van der Waals surface area contributed by atoms with E-state index in [1.54, 1.807) is 0 Å². The highest BCUT2D eigenvalue weighted by molar-refractivity contribution is 4.83. The summed E-state index contributed by atoms with van der Waals surface area (Å²) >= 11 is 0. The lowest BCUT2D eigenvalue weighted by Crippen LogP contribution is -2.29. The van der Waals surface area contributed by atoms with Gasteiger partial charge in [-0.25, -0.2) is 0 Å². The van der Waals surface area contributed by atoms with Gasteiger partial charge < -0.3 is 9.47 Å². The highest BCUT2D eigenvalue weighted by atomic mass is 16.5. The Balaban J connectivity index is 2.24. The molecule has 1 rings (SSSR count). The Bertz CT molecular complexity index is 141. The third kappa shape index (κ3) is 3.25. The molecule has 0 aromatic carbocycles. The molecule has 0 aromatic heterocycles. The lowest BCUT2D eigenvalue weighted by molar-refractivity contribution is 0.0693. The largest absolute Gasteiger partial charge is 0.380 e. The van der Waals surface area contributed by atoms with Gasteiger partial charge in [0.25, 0.3) is 0 Å². The summed E-state index contributed by atoms with van der Waals surface area (Å²) < 4.78 is 11.0. The maximum atomic E-state index is 5.59. The number of hydrogen-bond donors (Lipinski definition) is 0. The van der Waals surface area contributed by atoms with Crippen LogP contribution in [0.1, 0.15) is 20.3 Å². The molecular weight excluding hydrogens is 166 g/mol. The van der Waals surface area contributed by atoms with E-state index < -0.39 is 0 Å². The van der Waals surface area contributed by atoms with E-state index in [2.05, 4.69) is 18.9 Å². The smallest absolute Gasteiger partial charge is 0.0717 e. The van der Waals surface area contributed by atoms with Crippen LogP contribution in [-0.4, -0.2) is 50.5 Å². The molecule has 0 spiro atoms. The first kappa shape index (κ1) is 11.0. The van der Waals surface area contributed by atoms with Crippen molar-refractivity contribution in [2.45, 2.75) is 32.4 Å². The fourth-order valence-electron chi connectivity index (χ4n) is 1.83. The van der Waals surface area contributed by atoms with E-state index in [9.17, 15) is 0 Å². The minimum Gasteiger partial charge on any atom is -0.380 e. The zero-order valence-electron chi connectivity index (χ0n) is 8.95. The number of nitrogens with zero attached hydrogens (tertiary/aromatic N) is 1. The van der Waals surface area contributed by atoms with Crippen molar-refractivity contribution < 1.29 is 9.47 Å². The van der Waals surface area contributed by atoms with E-state index in [1.807, 2.05) is 6.92 Å². The molecule has 0 saturated carbocycles. The van der Waals surface area contributed by atoms with Gasteiger partial charge in [-0.3, -0.25) is 4.90 Å². The molecule has 1 fully saturated rings. The summed E-state index contributed by atoms with van der Waals surface area (Å²) in [6, 6.07) is 0.552. The highest BCUT2D eigenvalue weighted by Gasteiger charge is 2.29. The van der Waals surface area contributed by atoms with Gasteiger partial charge in [-0.15, -0.1) is 0 Å². The van der Waals surface area contributed by atoms with Gasteiger partial charge in [0.15, 0.2) is 0 Å². The maximum absolute atomic E-state index is 5.59. The Labute approximate surface area is 81.0 Å². The third-order valence-electron chi connectivity index (χ3n) is 2.57. The normalized spacial score (nSPS) is 29.8. The summed E-state index contributed by atoms with van der Waals surface area (Å²) in [5, 5.41) is 0. The molecule has 0 aromatic rings. The minimum atomic E-state index is 0.417. The quantitative estimate of drug-likeness (QED) is 0.644. The van der Waals surface area contributed by atoms with Crippen LogP contribution < -0.4 is 0 Å². The van der Waals surface area contributed by atoms with Crippen LogP contribution in [0.3, 0.4) is 0 Å². The molecule has 2 atom stereocenters. The van der Waals surface area contributed by atoms with E-state index in [0.29, 0.717) is 12.1 Å². The van der Waals surface area contributed by atoms with Gasteiger partial charge in [0.1, 0.15) is 0 Å². The van der Waals surface area contributed by atoms with Crippen molar-refractivity contribution in [3.63, 3.8) is 0 Å². The molecule has 3 nitrogen and oxygen atoms in total. The average Bonchev–Trinajstić information content (AvgIpc) is 2.44. The highest BCUT2D eigenvalue weighted by Crippen LogP contribution is 2.18. The van der Waals surface area contributed by atoms with Gasteiger partial charge in [0.2, 0.25) is 0 Å². The Kier molecular flexibility index (Phi) is 4.70. The molecule has 1 aliphatic rings. The van der Waals surface area contributed by atoms with E-state index in [1.165, 1.54) is 0 Å². The predicted octanol–water partition coefficient (Wildman–Crippen LogP) is 1.13. The Morgan fingerprint density at radius 3 is 2.69 bits per heavy atom. The summed E-state index contributed by atoms with van der Waals surface area (Å²) in [5.74, 6) is 0. The lowest BCUT2D eigenvalue weighted by Gasteiger charge is -2.17. The molecule has 0 amide bonds. The van der Waals surface area contributed by atoms with Gasteiger partial charge in [-0.2, -0.15) is 0 Å². The Hall–Kier alpha value is -0.120. The van der Waals surface area contributed by atoms with Gasteiger partial charge in [0.05, 0.1) is 12.7 Å². The Morgan fingerprint density at radius 2 is 2.08 bits per heavy atom. The van der Waals surface area contributed by atoms with Crippen molar-refractivity contribution >= 4 is 0 Å². The molecule has 0 unspecified atom stereocenters. The van der Waals surface area contributed by atoms with Crippen LogP contribution in [-0.2, 0) is 9.47 Å². The van der Waals surface area contributed by atoms with Gasteiger partial charge >= 0.3 is 0 Å². The number of likely N-dealkylation sites (N-methyl/N-ethyl adjacent to an activating group) is 1. The zero-order chi connectivity index (χ0) is 9.68. The fourth-order valence-corrected chi connectivity index (χ4v) is 1.83. The van der Waals surface area contributed by atoms with Crippen molar-refractivity contribution in [3.05, 3.63) is 0 Å². The molecule has 78 valence electrons. The number of rotatable bonds is 5. The van der Waals surface area contributed by atoms with Crippen LogP contribution in [0.15, 0.2) is 0 Å². The molecule has 0 aliphatic carbocycles. The van der Waals surface area contributed by atoms with Gasteiger partial charge in [-0.1, -0.05) is 0 Å². The lowest BCUT2D eigenvalue weighted by atomic mass is 10.2. The molecule has 13 heavy (non-hydrogen) atoms. The van der Waals surface area contributed by atoms with E-state index in [4.69, 9.17) is 9.47 Å². The number of likely N-dealkylation sites (tertiary alicyclic amines) is 1. The third-order valence-corrected chi connectivity index (χ3v) is 2.57. The predicted molar refractivity (Wildman–Crippen MR) is 52.9 cm³/mol. The van der Waals surface area contributed by atoms with Crippen LogP contribution in [0.5, 0.6) is 0 Å². The number of ether oxygens (including phenoxy) is 2. The number of hydrogen-bond acceptors (Lipinski definition) is 3. The summed E-state index contributed by atoms with van der Waals surface area (Å²) in [5.41, 5.74) is 0. The molecule has 0 N–H and O–H groups in total. The summed E-state index contributed by atoms with van der Waals surface area (Å²) in [6.07, 6.45) is 1.53. The van der Waals surface area contributed by atoms with Gasteiger partial charge in [0, 0.05) is 25.8 Å². The monoisotopic (exact) mass is 187 g/mol. The summed E-state index contributed by atoms with van der Waals surface area (Å²) in [7, 11) is 2.14. The minimum absolute atomic E-state index is 0.417. The molecule has 1 heterocycles. The van der Waals surface area contributed by atoms with Crippen molar-refractivity contribution in [3.8, 4) is 0 Å². The van der Waals surface area contributed by atoms with E-state index in [-0.39, 0.29) is 0 Å². The fraction of sp³-hybridized carbons (Fsp3) is 1.00. The van der Waals surface area contributed by atoms with E-state index in [0.717, 1.165) is 32.8 Å². The Morgan fingerprint density at radius 1 is 1.31 bits per heavy atom. The second kappa shape index (κ2) is 5.58. The van der Waals surface area contributed by atoms with Crippen molar-refractivity contribution in [1.29, 1.82) is 0 Å². The molecule has 1 saturated heterocycles. The topological polar surface area (TPSA) is 21.7 Å². The SMILES string of the molecule is CCOC[C@@H]1C[C@@H](OCC)CN1C. The first-order chi connectivity index (χ1) is 6.27. The molecular formula is C10H21NO2. The second-order valence-electron chi connectivity index (χ2n) is 3.57.